The van der Waals surface area contributed by atoms with Gasteiger partial charge in [0.1, 0.15) is 12.2 Å². The van der Waals surface area contributed by atoms with Gasteiger partial charge in [-0.2, -0.15) is 0 Å². The second kappa shape index (κ2) is 33.3. The molecular weight excluding hydrogens is 889 g/mol. The summed E-state index contributed by atoms with van der Waals surface area (Å²) in [4.78, 5) is 70.6. The molecule has 0 aromatic rings. The Morgan fingerprint density at radius 3 is 1.00 bits per heavy atom. The number of hydrogen-bond donors (Lipinski definition) is 3. The molecule has 0 unspecified atom stereocenters. The van der Waals surface area contributed by atoms with E-state index in [1.54, 1.807) is 0 Å². The zero-order chi connectivity index (χ0) is 53.7. The van der Waals surface area contributed by atoms with Gasteiger partial charge in [-0.1, -0.05) is 58.3 Å². The Labute approximate surface area is 425 Å². The molecule has 70 heavy (non-hydrogen) atoms. The quantitative estimate of drug-likeness (QED) is 0.0531. The predicted molar refractivity (Wildman–Crippen MR) is 283 cm³/mol. The maximum atomic E-state index is 12.0. The lowest BCUT2D eigenvalue weighted by Crippen LogP contribution is -2.60. The first-order valence-electron chi connectivity index (χ1n) is 26.4. The lowest BCUT2D eigenvalue weighted by molar-refractivity contribution is -0.0687. The molecule has 3 heterocycles. The first kappa shape index (κ1) is 66.5. The van der Waals surface area contributed by atoms with Crippen molar-refractivity contribution in [1.82, 2.24) is 25.3 Å². The third-order valence-corrected chi connectivity index (χ3v) is 14.9. The van der Waals surface area contributed by atoms with Crippen LogP contribution in [-0.4, -0.2) is 156 Å². The number of hydrogen-bond acceptors (Lipinski definition) is 14. The highest BCUT2D eigenvalue weighted by Gasteiger charge is 2.46. The summed E-state index contributed by atoms with van der Waals surface area (Å²) in [5.41, 5.74) is 0.370. The van der Waals surface area contributed by atoms with E-state index in [0.29, 0.717) is 26.2 Å². The van der Waals surface area contributed by atoms with Crippen molar-refractivity contribution in [3.05, 3.63) is 0 Å². The van der Waals surface area contributed by atoms with E-state index in [-0.39, 0.29) is 63.7 Å². The number of aliphatic imine (C=N–C) groups is 3. The molecule has 3 rings (SSSR count). The number of nitrogens with zero attached hydrogens (tertiary/aromatic N) is 6. The number of aliphatic hydroxyl groups is 1. The minimum absolute atomic E-state index is 0.00120. The monoisotopic (exact) mass is 991 g/mol. The molecular formula is C54H102N8O8. The number of carbonyl (C=O) groups is 2. The summed E-state index contributed by atoms with van der Waals surface area (Å²) in [6.07, 6.45) is 22.6. The number of amides is 2. The minimum atomic E-state index is -0.318. The fraction of sp³-hybridized carbons (Fsp3) is 0.907. The molecule has 3 fully saturated rings. The van der Waals surface area contributed by atoms with E-state index in [1.165, 1.54) is 43.9 Å². The highest BCUT2D eigenvalue weighted by atomic mass is 16.6. The number of unbranched alkanes of at least 4 members (excludes halogenated alkanes) is 10. The van der Waals surface area contributed by atoms with Crippen LogP contribution in [-0.2, 0) is 23.9 Å². The largest absolute Gasteiger partial charge is 0.446 e. The molecule has 16 nitrogen and oxygen atoms in total. The first-order valence-corrected chi connectivity index (χ1v) is 26.4. The molecule has 0 radical (unpaired) electrons. The molecule has 0 atom stereocenters. The molecule has 3 aliphatic heterocycles. The Hall–Kier alpha value is -3.48. The van der Waals surface area contributed by atoms with Gasteiger partial charge in [-0.05, 0) is 149 Å². The van der Waals surface area contributed by atoms with Gasteiger partial charge in [0, 0.05) is 72.0 Å². The number of nitrogens with one attached hydrogen (secondary N) is 2. The fourth-order valence-electron chi connectivity index (χ4n) is 10.1. The number of carbonyl (C=O) groups excluding carboxylic acids is 5. The number of likely N-dealkylation sites (tertiary alicyclic amines) is 3. The number of aliphatic hydroxyl groups excluding tert-OH is 1. The van der Waals surface area contributed by atoms with Crippen molar-refractivity contribution in [2.24, 2.45) is 15.0 Å². The predicted octanol–water partition coefficient (Wildman–Crippen LogP) is 10.4. The second-order valence-corrected chi connectivity index (χ2v) is 23.5. The Morgan fingerprint density at radius 2 is 0.729 bits per heavy atom. The van der Waals surface area contributed by atoms with Gasteiger partial charge in [-0.25, -0.2) is 38.9 Å². The molecule has 0 aromatic carbocycles. The summed E-state index contributed by atoms with van der Waals surface area (Å²) in [5, 5.41) is 15.4. The van der Waals surface area contributed by atoms with Crippen LogP contribution in [0.4, 0.5) is 9.59 Å². The van der Waals surface area contributed by atoms with Crippen LogP contribution < -0.4 is 10.6 Å². The van der Waals surface area contributed by atoms with Crippen LogP contribution >= 0.6 is 0 Å². The Morgan fingerprint density at radius 1 is 0.471 bits per heavy atom. The molecule has 3 saturated heterocycles. The van der Waals surface area contributed by atoms with Crippen molar-refractivity contribution in [3.8, 4) is 0 Å². The lowest BCUT2D eigenvalue weighted by atomic mass is 9.79. The van der Waals surface area contributed by atoms with E-state index in [1.807, 2.05) is 0 Å². The number of rotatable bonds is 22. The van der Waals surface area contributed by atoms with Crippen LogP contribution in [0, 0.1) is 0 Å². The van der Waals surface area contributed by atoms with Crippen molar-refractivity contribution in [3.63, 3.8) is 0 Å². The Balaban J connectivity index is 0.000000950. The molecule has 16 heteroatoms. The smallest absolute Gasteiger partial charge is 0.407 e. The van der Waals surface area contributed by atoms with Gasteiger partial charge >= 0.3 is 12.2 Å². The third-order valence-electron chi connectivity index (χ3n) is 14.9. The summed E-state index contributed by atoms with van der Waals surface area (Å²) in [6.45, 7) is 31.6. The van der Waals surface area contributed by atoms with E-state index in [4.69, 9.17) is 9.47 Å². The van der Waals surface area contributed by atoms with E-state index in [2.05, 4.69) is 151 Å². The highest BCUT2D eigenvalue weighted by molar-refractivity contribution is 5.67. The number of alkyl carbamates (subject to hydrolysis) is 2. The Bertz CT molecular complexity index is 1560. The van der Waals surface area contributed by atoms with Gasteiger partial charge < -0.3 is 25.2 Å². The number of piperidine rings is 3. The summed E-state index contributed by atoms with van der Waals surface area (Å²) < 4.78 is 11.3. The average Bonchev–Trinajstić information content (AvgIpc) is 3.24. The van der Waals surface area contributed by atoms with E-state index in [0.717, 1.165) is 103 Å². The van der Waals surface area contributed by atoms with Gasteiger partial charge in [-0.3, -0.25) is 14.7 Å². The normalized spacial score (nSPS) is 20.4. The van der Waals surface area contributed by atoms with Gasteiger partial charge in [0.15, 0.2) is 0 Å². The molecule has 0 aliphatic carbocycles. The second-order valence-electron chi connectivity index (χ2n) is 23.5. The zero-order valence-electron chi connectivity index (χ0n) is 47.2. The SMILES string of the molecule is CCCCCCCNC(=O)OC1CC(C)(C)N(C)C(C)(C)C1.CN1C(C)(C)CC(O)CC1(C)C.CN1C(C)(C)CC(OC(=O)NCCCCCCN=C=O)CC1(C)C.O=C=NCCCCCCN=C=O. The van der Waals surface area contributed by atoms with E-state index < -0.39 is 0 Å². The third kappa shape index (κ3) is 27.4. The van der Waals surface area contributed by atoms with Crippen molar-refractivity contribution < 1.29 is 38.6 Å². The standard InChI is InChI=1S/C18H33N3O3.C18H36N2O2.C10H21NO.C8H12N2O2/c1-17(2)12-15(13-18(3,4)21(17)5)24-16(23)20-11-9-7-6-8-10-19-14-22;1-7-8-9-10-11-12-19-16(21)22-15-13-17(2,3)20(6)18(4,5)14-15;1-9(2)6-8(12)7-10(3,4)11(9)5;11-7-9-5-3-1-2-4-6-10-8-12/h15H,6-13H2,1-5H3,(H,20,23);15H,7-14H2,1-6H3,(H,19,21);8,12H,6-7H2,1-5H3;1-6H2. The molecule has 0 spiro atoms. The lowest BCUT2D eigenvalue weighted by Gasteiger charge is -2.53. The van der Waals surface area contributed by atoms with Gasteiger partial charge in [0.2, 0.25) is 18.2 Å². The van der Waals surface area contributed by atoms with Crippen molar-refractivity contribution in [1.29, 1.82) is 0 Å². The summed E-state index contributed by atoms with van der Waals surface area (Å²) >= 11 is 0. The molecule has 0 saturated carbocycles. The van der Waals surface area contributed by atoms with Gasteiger partial charge in [-0.15, -0.1) is 0 Å². The fourth-order valence-corrected chi connectivity index (χ4v) is 10.1. The highest BCUT2D eigenvalue weighted by Crippen LogP contribution is 2.40. The number of ether oxygens (including phenoxy) is 2. The summed E-state index contributed by atoms with van der Waals surface area (Å²) in [7, 11) is 6.44. The minimum Gasteiger partial charge on any atom is -0.446 e. The summed E-state index contributed by atoms with van der Waals surface area (Å²) in [6, 6.07) is 0. The van der Waals surface area contributed by atoms with Crippen LogP contribution in [0.3, 0.4) is 0 Å². The van der Waals surface area contributed by atoms with Gasteiger partial charge in [0.05, 0.1) is 25.7 Å². The maximum Gasteiger partial charge on any atom is 0.407 e. The van der Waals surface area contributed by atoms with Crippen LogP contribution in [0.25, 0.3) is 0 Å². The Kier molecular flexibility index (Phi) is 31.6. The molecule has 0 bridgehead atoms. The molecule has 406 valence electrons. The van der Waals surface area contributed by atoms with Crippen LogP contribution in [0.1, 0.15) is 212 Å². The zero-order valence-corrected chi connectivity index (χ0v) is 47.2. The van der Waals surface area contributed by atoms with Crippen LogP contribution in [0.15, 0.2) is 15.0 Å². The maximum absolute atomic E-state index is 12.0. The van der Waals surface area contributed by atoms with E-state index in [9.17, 15) is 29.1 Å². The van der Waals surface area contributed by atoms with E-state index >= 15 is 0 Å². The molecule has 0 aromatic heterocycles. The first-order chi connectivity index (χ1) is 32.5. The molecule has 2 amide bonds. The topological polar surface area (TPSA) is 195 Å². The molecule has 3 aliphatic rings. The average molecular weight is 991 g/mol. The van der Waals surface area contributed by atoms with Crippen molar-refractivity contribution in [2.75, 3.05) is 53.9 Å². The van der Waals surface area contributed by atoms with Gasteiger partial charge in [0.25, 0.3) is 0 Å². The van der Waals surface area contributed by atoms with Crippen LogP contribution in [0.2, 0.25) is 0 Å². The molecule has 3 N–H and O–H groups in total. The van der Waals surface area contributed by atoms with Crippen molar-refractivity contribution >= 4 is 30.4 Å². The summed E-state index contributed by atoms with van der Waals surface area (Å²) in [5.74, 6) is 0. The van der Waals surface area contributed by atoms with Crippen molar-refractivity contribution in [2.45, 2.75) is 264 Å². The number of isocyanates is 3. The van der Waals surface area contributed by atoms with Crippen LogP contribution in [0.5, 0.6) is 0 Å².